The maximum atomic E-state index is 13.1. The average molecular weight is 326 g/mol. The Bertz CT molecular complexity index is 779. The van der Waals surface area contributed by atoms with Crippen LogP contribution in [0, 0.1) is 5.92 Å². The molecule has 2 bridgehead atoms. The van der Waals surface area contributed by atoms with Gasteiger partial charge in [0.25, 0.3) is 10.0 Å². The van der Waals surface area contributed by atoms with Crippen molar-refractivity contribution in [3.05, 3.63) is 11.6 Å². The summed E-state index contributed by atoms with van der Waals surface area (Å²) in [6.07, 6.45) is 4.96. The standard InChI is InChI=1S/C13H18N4O2S2/c1-2-14-11-12(16-5-6-20-13(16)15-11)21(18,19)17-8-9-3-4-10(17)7-9/h5-6,9-10,14H,2-4,7-8H2,1H3. The fraction of sp³-hybridized carbons (Fsp3) is 0.615. The van der Waals surface area contributed by atoms with Gasteiger partial charge in [-0.15, -0.1) is 11.3 Å². The first kappa shape index (κ1) is 13.5. The maximum absolute atomic E-state index is 13.1. The van der Waals surface area contributed by atoms with Crippen LogP contribution in [0.3, 0.4) is 0 Å². The Morgan fingerprint density at radius 3 is 3.00 bits per heavy atom. The number of nitrogens with one attached hydrogen (secondary N) is 1. The van der Waals surface area contributed by atoms with Crippen LogP contribution in [-0.4, -0.2) is 41.2 Å². The van der Waals surface area contributed by atoms with Crippen LogP contribution < -0.4 is 5.32 Å². The second-order valence-corrected chi connectivity index (χ2v) is 8.44. The molecule has 1 saturated carbocycles. The van der Waals surface area contributed by atoms with Crippen molar-refractivity contribution in [2.45, 2.75) is 37.3 Å². The summed E-state index contributed by atoms with van der Waals surface area (Å²) in [5.74, 6) is 1.02. The van der Waals surface area contributed by atoms with Gasteiger partial charge < -0.3 is 5.32 Å². The molecule has 3 heterocycles. The van der Waals surface area contributed by atoms with E-state index >= 15 is 0 Å². The number of hydrogen-bond acceptors (Lipinski definition) is 5. The highest BCUT2D eigenvalue weighted by molar-refractivity contribution is 7.89. The summed E-state index contributed by atoms with van der Waals surface area (Å²) < 4.78 is 29.6. The molecule has 8 heteroatoms. The van der Waals surface area contributed by atoms with Crippen molar-refractivity contribution in [3.63, 3.8) is 0 Å². The number of sulfonamides is 1. The molecule has 1 saturated heterocycles. The number of hydrogen-bond donors (Lipinski definition) is 1. The van der Waals surface area contributed by atoms with Crippen molar-refractivity contribution < 1.29 is 8.42 Å². The predicted molar refractivity (Wildman–Crippen MR) is 82.3 cm³/mol. The van der Waals surface area contributed by atoms with E-state index in [-0.39, 0.29) is 6.04 Å². The van der Waals surface area contributed by atoms with Gasteiger partial charge in [-0.3, -0.25) is 4.40 Å². The third kappa shape index (κ3) is 1.92. The SMILES string of the molecule is CCNc1nc2sccn2c1S(=O)(=O)N1CC2CCC1C2. The monoisotopic (exact) mass is 326 g/mol. The van der Waals surface area contributed by atoms with Crippen molar-refractivity contribution in [1.29, 1.82) is 0 Å². The Hall–Kier alpha value is -1.12. The molecule has 1 N–H and O–H groups in total. The van der Waals surface area contributed by atoms with Gasteiger partial charge in [0, 0.05) is 30.7 Å². The van der Waals surface area contributed by atoms with Gasteiger partial charge in [-0.1, -0.05) is 0 Å². The minimum atomic E-state index is -3.50. The van der Waals surface area contributed by atoms with Gasteiger partial charge >= 0.3 is 0 Å². The number of rotatable bonds is 4. The Kier molecular flexibility index (Phi) is 3.02. The molecule has 1 aliphatic carbocycles. The maximum Gasteiger partial charge on any atom is 0.263 e. The first-order valence-electron chi connectivity index (χ1n) is 7.32. The molecule has 1 aliphatic heterocycles. The molecule has 2 aromatic rings. The molecule has 114 valence electrons. The summed E-state index contributed by atoms with van der Waals surface area (Å²) in [6, 6.07) is 0.179. The largest absolute Gasteiger partial charge is 0.368 e. The van der Waals surface area contributed by atoms with Crippen molar-refractivity contribution in [2.24, 2.45) is 5.92 Å². The lowest BCUT2D eigenvalue weighted by Crippen LogP contribution is -2.38. The van der Waals surface area contributed by atoms with Crippen LogP contribution in [0.4, 0.5) is 5.82 Å². The quantitative estimate of drug-likeness (QED) is 0.933. The number of nitrogens with zero attached hydrogens (tertiary/aromatic N) is 3. The van der Waals surface area contributed by atoms with E-state index in [1.807, 2.05) is 12.3 Å². The summed E-state index contributed by atoms with van der Waals surface area (Å²) in [5, 5.41) is 5.26. The zero-order valence-electron chi connectivity index (χ0n) is 11.8. The van der Waals surface area contributed by atoms with Crippen molar-refractivity contribution in [1.82, 2.24) is 13.7 Å². The fourth-order valence-electron chi connectivity index (χ4n) is 3.58. The van der Waals surface area contributed by atoms with Crippen LogP contribution in [0.1, 0.15) is 26.2 Å². The second-order valence-electron chi connectivity index (χ2n) is 5.76. The normalized spacial score (nSPS) is 26.0. The van der Waals surface area contributed by atoms with Crippen LogP contribution in [0.15, 0.2) is 16.6 Å². The molecule has 4 rings (SSSR count). The Morgan fingerprint density at radius 1 is 1.48 bits per heavy atom. The fourth-order valence-corrected chi connectivity index (χ4v) is 6.32. The molecule has 2 fully saturated rings. The predicted octanol–water partition coefficient (Wildman–Crippen LogP) is 2.00. The molecule has 0 spiro atoms. The van der Waals surface area contributed by atoms with Gasteiger partial charge in [-0.05, 0) is 32.1 Å². The third-order valence-corrected chi connectivity index (χ3v) is 7.17. The molecular formula is C13H18N4O2S2. The lowest BCUT2D eigenvalue weighted by atomic mass is 10.1. The summed E-state index contributed by atoms with van der Waals surface area (Å²) in [7, 11) is -3.50. The van der Waals surface area contributed by atoms with Gasteiger partial charge in [0.2, 0.25) is 0 Å². The number of fused-ring (bicyclic) bond motifs is 3. The van der Waals surface area contributed by atoms with E-state index in [0.29, 0.717) is 34.8 Å². The van der Waals surface area contributed by atoms with E-state index in [4.69, 9.17) is 0 Å². The van der Waals surface area contributed by atoms with Crippen LogP contribution >= 0.6 is 11.3 Å². The van der Waals surface area contributed by atoms with E-state index in [1.165, 1.54) is 11.3 Å². The Balaban J connectivity index is 1.84. The van der Waals surface area contributed by atoms with Crippen LogP contribution in [0.25, 0.3) is 4.96 Å². The highest BCUT2D eigenvalue weighted by Crippen LogP contribution is 2.41. The smallest absolute Gasteiger partial charge is 0.263 e. The lowest BCUT2D eigenvalue weighted by molar-refractivity contribution is 0.332. The molecule has 2 unspecified atom stereocenters. The minimum absolute atomic E-state index is 0.179. The van der Waals surface area contributed by atoms with Gasteiger partial charge in [0.1, 0.15) is 0 Å². The van der Waals surface area contributed by atoms with E-state index < -0.39 is 10.0 Å². The first-order valence-corrected chi connectivity index (χ1v) is 9.64. The molecule has 0 aromatic carbocycles. The van der Waals surface area contributed by atoms with Crippen molar-refractivity contribution >= 4 is 32.1 Å². The summed E-state index contributed by atoms with van der Waals surface area (Å²) >= 11 is 1.45. The number of anilines is 1. The first-order chi connectivity index (χ1) is 10.1. The molecule has 21 heavy (non-hydrogen) atoms. The third-order valence-electron chi connectivity index (χ3n) is 4.47. The zero-order chi connectivity index (χ0) is 14.6. The zero-order valence-corrected chi connectivity index (χ0v) is 13.5. The van der Waals surface area contributed by atoms with E-state index in [1.54, 1.807) is 14.9 Å². The van der Waals surface area contributed by atoms with Gasteiger partial charge in [0.15, 0.2) is 15.8 Å². The topological polar surface area (TPSA) is 66.7 Å². The average Bonchev–Trinajstić information content (AvgIpc) is 3.18. The van der Waals surface area contributed by atoms with Crippen LogP contribution in [0.2, 0.25) is 0 Å². The van der Waals surface area contributed by atoms with Crippen molar-refractivity contribution in [2.75, 3.05) is 18.4 Å². The highest BCUT2D eigenvalue weighted by atomic mass is 32.2. The number of piperidine rings is 1. The number of thiazole rings is 1. The summed E-state index contributed by atoms with van der Waals surface area (Å²) in [4.78, 5) is 5.14. The summed E-state index contributed by atoms with van der Waals surface area (Å²) in [6.45, 7) is 3.26. The van der Waals surface area contributed by atoms with Gasteiger partial charge in [-0.25, -0.2) is 13.4 Å². The molecule has 2 aromatic heterocycles. The van der Waals surface area contributed by atoms with E-state index in [2.05, 4.69) is 10.3 Å². The highest BCUT2D eigenvalue weighted by Gasteiger charge is 2.46. The van der Waals surface area contributed by atoms with Crippen LogP contribution in [-0.2, 0) is 10.0 Å². The van der Waals surface area contributed by atoms with E-state index in [0.717, 1.165) is 19.3 Å². The van der Waals surface area contributed by atoms with Crippen LogP contribution in [0.5, 0.6) is 0 Å². The number of aromatic nitrogens is 2. The molecule has 2 atom stereocenters. The summed E-state index contributed by atoms with van der Waals surface area (Å²) in [5.41, 5.74) is 0. The minimum Gasteiger partial charge on any atom is -0.368 e. The second kappa shape index (κ2) is 4.69. The Labute approximate surface area is 127 Å². The number of imidazole rings is 1. The van der Waals surface area contributed by atoms with E-state index in [9.17, 15) is 8.42 Å². The molecule has 0 amide bonds. The molecule has 6 nitrogen and oxygen atoms in total. The Morgan fingerprint density at radius 2 is 2.33 bits per heavy atom. The van der Waals surface area contributed by atoms with Crippen molar-refractivity contribution in [3.8, 4) is 0 Å². The lowest BCUT2D eigenvalue weighted by Gasteiger charge is -2.26. The molecule has 0 radical (unpaired) electrons. The van der Waals surface area contributed by atoms with Gasteiger partial charge in [-0.2, -0.15) is 4.31 Å². The molecular weight excluding hydrogens is 308 g/mol. The van der Waals surface area contributed by atoms with Gasteiger partial charge in [0.05, 0.1) is 0 Å². The molecule has 2 aliphatic rings.